The molecule has 0 saturated carbocycles. The number of hydrogen-bond donors (Lipinski definition) is 1. The van der Waals surface area contributed by atoms with E-state index >= 15 is 0 Å². The van der Waals surface area contributed by atoms with E-state index in [1.807, 2.05) is 26.8 Å². The highest BCUT2D eigenvalue weighted by Crippen LogP contribution is 2.34. The van der Waals surface area contributed by atoms with Crippen molar-refractivity contribution in [2.24, 2.45) is 7.05 Å². The van der Waals surface area contributed by atoms with Crippen LogP contribution in [0, 0.1) is 20.8 Å². The molecule has 8 nitrogen and oxygen atoms in total. The van der Waals surface area contributed by atoms with Crippen molar-refractivity contribution in [1.82, 2.24) is 14.5 Å². The lowest BCUT2D eigenvalue weighted by Crippen LogP contribution is -2.14. The van der Waals surface area contributed by atoms with Gasteiger partial charge in [-0.1, -0.05) is 0 Å². The molecule has 29 heavy (non-hydrogen) atoms. The summed E-state index contributed by atoms with van der Waals surface area (Å²) >= 11 is 0. The first-order valence-electron chi connectivity index (χ1n) is 8.82. The van der Waals surface area contributed by atoms with E-state index in [0.29, 0.717) is 22.7 Å². The smallest absolute Gasteiger partial charge is 0.250 e. The van der Waals surface area contributed by atoms with Crippen LogP contribution in [0.1, 0.15) is 17.0 Å². The molecule has 0 amide bonds. The number of hydrogen-bond acceptors (Lipinski definition) is 6. The van der Waals surface area contributed by atoms with Crippen LogP contribution in [0.2, 0.25) is 0 Å². The Labute approximate surface area is 169 Å². The Balaban J connectivity index is 2.13. The number of sulfonamides is 1. The number of rotatable bonds is 5. The van der Waals surface area contributed by atoms with Gasteiger partial charge in [0.15, 0.2) is 5.75 Å². The SMILES string of the molecule is Cc1cc(C)c(Oc2nc(-c3ccn(C)c(=O)c3)ccc2NS(C)(=O)=O)c(C)n1. The van der Waals surface area contributed by atoms with Crippen LogP contribution in [0.5, 0.6) is 11.6 Å². The summed E-state index contributed by atoms with van der Waals surface area (Å²) in [5.74, 6) is 0.575. The van der Waals surface area contributed by atoms with Gasteiger partial charge in [-0.3, -0.25) is 14.5 Å². The Bertz CT molecular complexity index is 1230. The second-order valence-corrected chi connectivity index (χ2v) is 8.63. The fourth-order valence-corrected chi connectivity index (χ4v) is 3.48. The molecule has 0 aromatic carbocycles. The van der Waals surface area contributed by atoms with Crippen LogP contribution >= 0.6 is 0 Å². The number of anilines is 1. The quantitative estimate of drug-likeness (QED) is 0.689. The molecule has 0 aliphatic rings. The molecule has 0 bridgehead atoms. The Morgan fingerprint density at radius 2 is 1.79 bits per heavy atom. The molecule has 3 rings (SSSR count). The monoisotopic (exact) mass is 414 g/mol. The molecule has 3 heterocycles. The molecule has 0 aliphatic heterocycles. The predicted molar refractivity (Wildman–Crippen MR) is 112 cm³/mol. The first-order valence-corrected chi connectivity index (χ1v) is 10.7. The second-order valence-electron chi connectivity index (χ2n) is 6.89. The largest absolute Gasteiger partial charge is 0.435 e. The van der Waals surface area contributed by atoms with Crippen molar-refractivity contribution in [3.63, 3.8) is 0 Å². The first kappa shape index (κ1) is 20.5. The molecular weight excluding hydrogens is 392 g/mol. The third-order valence-corrected chi connectivity index (χ3v) is 4.80. The molecule has 0 aliphatic carbocycles. The van der Waals surface area contributed by atoms with Gasteiger partial charge in [0.1, 0.15) is 5.69 Å². The first-order chi connectivity index (χ1) is 13.5. The van der Waals surface area contributed by atoms with Gasteiger partial charge in [-0.15, -0.1) is 0 Å². The lowest BCUT2D eigenvalue weighted by Gasteiger charge is -2.15. The number of nitrogens with one attached hydrogen (secondary N) is 1. The summed E-state index contributed by atoms with van der Waals surface area (Å²) in [5, 5.41) is 0. The van der Waals surface area contributed by atoms with E-state index in [1.165, 1.54) is 10.6 Å². The van der Waals surface area contributed by atoms with E-state index < -0.39 is 10.0 Å². The molecule has 1 N–H and O–H groups in total. The molecule has 3 aromatic rings. The Hall–Kier alpha value is -3.20. The molecule has 0 atom stereocenters. The van der Waals surface area contributed by atoms with Crippen LogP contribution in [0.15, 0.2) is 41.3 Å². The lowest BCUT2D eigenvalue weighted by molar-refractivity contribution is 0.455. The highest BCUT2D eigenvalue weighted by molar-refractivity contribution is 7.92. The van der Waals surface area contributed by atoms with Gasteiger partial charge in [-0.2, -0.15) is 0 Å². The molecule has 0 saturated heterocycles. The summed E-state index contributed by atoms with van der Waals surface area (Å²) in [6, 6.07) is 8.27. The van der Waals surface area contributed by atoms with Gasteiger partial charge in [0.2, 0.25) is 15.9 Å². The van der Waals surface area contributed by atoms with E-state index in [2.05, 4.69) is 14.7 Å². The summed E-state index contributed by atoms with van der Waals surface area (Å²) < 4.78 is 33.4. The zero-order valence-electron chi connectivity index (χ0n) is 16.8. The minimum Gasteiger partial charge on any atom is -0.435 e. The fourth-order valence-electron chi connectivity index (χ4n) is 2.93. The molecule has 152 valence electrons. The van der Waals surface area contributed by atoms with Crippen LogP contribution in [-0.2, 0) is 17.1 Å². The highest BCUT2D eigenvalue weighted by Gasteiger charge is 2.16. The van der Waals surface area contributed by atoms with Crippen molar-refractivity contribution >= 4 is 15.7 Å². The van der Waals surface area contributed by atoms with Gasteiger partial charge in [-0.05, 0) is 50.6 Å². The van der Waals surface area contributed by atoms with Crippen molar-refractivity contribution in [1.29, 1.82) is 0 Å². The van der Waals surface area contributed by atoms with Crippen LogP contribution in [-0.4, -0.2) is 29.2 Å². The highest BCUT2D eigenvalue weighted by atomic mass is 32.2. The maximum atomic E-state index is 12.0. The zero-order chi connectivity index (χ0) is 21.3. The van der Waals surface area contributed by atoms with E-state index in [4.69, 9.17) is 4.74 Å². The average Bonchev–Trinajstić information content (AvgIpc) is 2.60. The standard InChI is InChI=1S/C20H22N4O4S/c1-12-10-13(2)21-14(3)19(12)28-20-17(23-29(5,26)27)7-6-16(22-20)15-8-9-24(4)18(25)11-15/h6-11,23H,1-5H3. The molecule has 3 aromatic heterocycles. The van der Waals surface area contributed by atoms with Gasteiger partial charge in [0, 0.05) is 30.6 Å². The lowest BCUT2D eigenvalue weighted by atomic mass is 10.1. The maximum absolute atomic E-state index is 12.0. The van der Waals surface area contributed by atoms with Gasteiger partial charge < -0.3 is 9.30 Å². The van der Waals surface area contributed by atoms with Gasteiger partial charge in [0.05, 0.1) is 17.6 Å². The zero-order valence-corrected chi connectivity index (χ0v) is 17.7. The Morgan fingerprint density at radius 3 is 2.41 bits per heavy atom. The van der Waals surface area contributed by atoms with Crippen LogP contribution in [0.3, 0.4) is 0 Å². The number of pyridine rings is 3. The minimum absolute atomic E-state index is 0.0745. The number of aryl methyl sites for hydroxylation is 4. The summed E-state index contributed by atoms with van der Waals surface area (Å²) in [4.78, 5) is 20.8. The molecule has 0 radical (unpaired) electrons. The number of ether oxygens (including phenoxy) is 1. The van der Waals surface area contributed by atoms with E-state index in [-0.39, 0.29) is 17.1 Å². The fraction of sp³-hybridized carbons (Fsp3) is 0.250. The van der Waals surface area contributed by atoms with Crippen molar-refractivity contribution in [2.45, 2.75) is 20.8 Å². The van der Waals surface area contributed by atoms with Crippen molar-refractivity contribution in [3.8, 4) is 22.9 Å². The molecule has 0 unspecified atom stereocenters. The Kier molecular flexibility index (Phi) is 5.43. The van der Waals surface area contributed by atoms with Crippen LogP contribution in [0.25, 0.3) is 11.3 Å². The Morgan fingerprint density at radius 1 is 1.07 bits per heavy atom. The normalized spacial score (nSPS) is 11.3. The predicted octanol–water partition coefficient (Wildman–Crippen LogP) is 2.93. The van der Waals surface area contributed by atoms with Crippen LogP contribution < -0.4 is 15.0 Å². The summed E-state index contributed by atoms with van der Waals surface area (Å²) in [6.07, 6.45) is 2.69. The van der Waals surface area contributed by atoms with Crippen molar-refractivity contribution in [3.05, 3.63) is 63.8 Å². The summed E-state index contributed by atoms with van der Waals surface area (Å²) in [5.41, 5.74) is 3.45. The molecule has 0 spiro atoms. The van der Waals surface area contributed by atoms with E-state index in [9.17, 15) is 13.2 Å². The van der Waals surface area contributed by atoms with E-state index in [0.717, 1.165) is 17.5 Å². The molecule has 0 fully saturated rings. The minimum atomic E-state index is -3.55. The van der Waals surface area contributed by atoms with E-state index in [1.54, 1.807) is 31.4 Å². The molecular formula is C20H22N4O4S. The molecule has 9 heteroatoms. The summed E-state index contributed by atoms with van der Waals surface area (Å²) in [6.45, 7) is 5.57. The average molecular weight is 414 g/mol. The van der Waals surface area contributed by atoms with Crippen LogP contribution in [0.4, 0.5) is 5.69 Å². The number of nitrogens with zero attached hydrogens (tertiary/aromatic N) is 3. The summed E-state index contributed by atoms with van der Waals surface area (Å²) in [7, 11) is -1.89. The van der Waals surface area contributed by atoms with Gasteiger partial charge in [0.25, 0.3) is 5.56 Å². The third kappa shape index (κ3) is 4.80. The maximum Gasteiger partial charge on any atom is 0.250 e. The third-order valence-electron chi connectivity index (χ3n) is 4.21. The van der Waals surface area contributed by atoms with Crippen molar-refractivity contribution in [2.75, 3.05) is 11.0 Å². The second kappa shape index (κ2) is 7.67. The van der Waals surface area contributed by atoms with Gasteiger partial charge >= 0.3 is 0 Å². The van der Waals surface area contributed by atoms with Gasteiger partial charge in [-0.25, -0.2) is 13.4 Å². The topological polar surface area (TPSA) is 103 Å². The van der Waals surface area contributed by atoms with Crippen molar-refractivity contribution < 1.29 is 13.2 Å². The number of aromatic nitrogens is 3.